The van der Waals surface area contributed by atoms with Crippen molar-refractivity contribution >= 4 is 29.2 Å². The van der Waals surface area contributed by atoms with Gasteiger partial charge in [0.15, 0.2) is 29.3 Å². The first kappa shape index (κ1) is 34.2. The Morgan fingerprint density at radius 3 is 2.30 bits per heavy atom. The Bertz CT molecular complexity index is 2140. The molecular formula is C35H40N8O7. The van der Waals surface area contributed by atoms with Gasteiger partial charge in [0.05, 0.1) is 20.8 Å². The maximum Gasteiger partial charge on any atom is 0.332 e. The van der Waals surface area contributed by atoms with Gasteiger partial charge in [-0.25, -0.2) is 9.78 Å². The Morgan fingerprint density at radius 2 is 1.62 bits per heavy atom. The van der Waals surface area contributed by atoms with Crippen molar-refractivity contribution in [2.75, 3.05) is 47.0 Å². The molecule has 4 heterocycles. The average Bonchev–Trinajstić information content (AvgIpc) is 3.74. The number of ether oxygens (including phenoxy) is 3. The van der Waals surface area contributed by atoms with E-state index in [9.17, 15) is 14.4 Å². The van der Waals surface area contributed by atoms with Crippen LogP contribution in [0.15, 0.2) is 56.6 Å². The molecule has 1 amide bonds. The highest BCUT2D eigenvalue weighted by atomic mass is 16.5. The van der Waals surface area contributed by atoms with Crippen LogP contribution in [0.1, 0.15) is 31.1 Å². The topological polar surface area (TPSA) is 152 Å². The van der Waals surface area contributed by atoms with Crippen molar-refractivity contribution in [1.29, 1.82) is 0 Å². The van der Waals surface area contributed by atoms with Crippen molar-refractivity contribution in [1.82, 2.24) is 38.6 Å². The number of fused-ring (bicyclic) bond motifs is 1. The Balaban J connectivity index is 0.995. The number of methoxy groups -OCH3 is 2. The van der Waals surface area contributed by atoms with Crippen molar-refractivity contribution in [3.63, 3.8) is 0 Å². The molecule has 5 aromatic rings. The molecule has 0 radical (unpaired) electrons. The van der Waals surface area contributed by atoms with Crippen molar-refractivity contribution in [2.45, 2.75) is 33.5 Å². The van der Waals surface area contributed by atoms with Gasteiger partial charge < -0.3 is 28.2 Å². The number of carbonyl (C=O) groups excluding carboxylic acids is 1. The summed E-state index contributed by atoms with van der Waals surface area (Å²) in [6, 6.07) is 12.8. The number of carbonyl (C=O) groups is 1. The molecule has 15 nitrogen and oxygen atoms in total. The molecule has 15 heteroatoms. The Morgan fingerprint density at radius 1 is 0.900 bits per heavy atom. The van der Waals surface area contributed by atoms with Crippen LogP contribution in [0.25, 0.3) is 34.7 Å². The van der Waals surface area contributed by atoms with E-state index in [-0.39, 0.29) is 30.3 Å². The minimum atomic E-state index is -0.361. The highest BCUT2D eigenvalue weighted by molar-refractivity contribution is 5.78. The molecule has 0 saturated carbocycles. The number of rotatable bonds is 12. The maximum absolute atomic E-state index is 13.0. The van der Waals surface area contributed by atoms with Crippen LogP contribution in [0, 0.1) is 0 Å². The highest BCUT2D eigenvalue weighted by Gasteiger charge is 2.23. The standard InChI is InChI=1S/C35H40N8O7/c1-6-42-33-31(34(45)43(7-2)35(42)46)39(3)28(36-33)15-10-23-8-12-25(13-9-23)49-22-30(44)41-18-16-40(17-19-41)21-29-37-32(38-50-29)24-11-14-26(47-4)27(20-24)48-5/h8-15,20H,6-7,16-19,21-22H2,1-5H3. The molecule has 0 N–H and O–H groups in total. The summed E-state index contributed by atoms with van der Waals surface area (Å²) in [6.07, 6.45) is 3.67. The molecular weight excluding hydrogens is 644 g/mol. The third-order valence-corrected chi connectivity index (χ3v) is 8.77. The average molecular weight is 685 g/mol. The lowest BCUT2D eigenvalue weighted by Gasteiger charge is -2.33. The number of imidazole rings is 1. The SMILES string of the molecule is CCn1c(=O)c2c(nc(C=Cc3ccc(OCC(=O)N4CCN(Cc5nc(-c6ccc(OC)c(OC)c6)no5)CC4)cc3)n2C)n(CC)c1=O. The smallest absolute Gasteiger partial charge is 0.332 e. The molecule has 0 unspecified atom stereocenters. The number of aromatic nitrogens is 6. The van der Waals surface area contributed by atoms with E-state index >= 15 is 0 Å². The molecule has 1 fully saturated rings. The van der Waals surface area contributed by atoms with Crippen LogP contribution in [0.3, 0.4) is 0 Å². The van der Waals surface area contributed by atoms with E-state index in [2.05, 4.69) is 20.0 Å². The van der Waals surface area contributed by atoms with Gasteiger partial charge >= 0.3 is 5.69 Å². The number of nitrogens with zero attached hydrogens (tertiary/aromatic N) is 8. The zero-order valence-corrected chi connectivity index (χ0v) is 28.8. The minimum absolute atomic E-state index is 0.0677. The monoisotopic (exact) mass is 684 g/mol. The Kier molecular flexibility index (Phi) is 10.1. The summed E-state index contributed by atoms with van der Waals surface area (Å²) in [5.41, 5.74) is 1.68. The van der Waals surface area contributed by atoms with E-state index in [4.69, 9.17) is 18.7 Å². The van der Waals surface area contributed by atoms with Gasteiger partial charge in [0, 0.05) is 51.9 Å². The zero-order chi connectivity index (χ0) is 35.4. The molecule has 3 aromatic heterocycles. The second-order valence-corrected chi connectivity index (χ2v) is 11.7. The molecule has 2 aromatic carbocycles. The molecule has 1 aliphatic heterocycles. The molecule has 6 rings (SSSR count). The first-order valence-corrected chi connectivity index (χ1v) is 16.4. The van der Waals surface area contributed by atoms with E-state index in [1.807, 2.05) is 31.2 Å². The Hall–Kier alpha value is -5.70. The summed E-state index contributed by atoms with van der Waals surface area (Å²) < 4.78 is 26.4. The number of aryl methyl sites for hydroxylation is 2. The summed E-state index contributed by atoms with van der Waals surface area (Å²) in [5.74, 6) is 3.20. The lowest BCUT2D eigenvalue weighted by Crippen LogP contribution is -2.49. The number of hydrogen-bond acceptors (Lipinski definition) is 11. The van der Waals surface area contributed by atoms with Crippen LogP contribution in [0.2, 0.25) is 0 Å². The fraction of sp³-hybridized carbons (Fsp3) is 0.371. The van der Waals surface area contributed by atoms with Gasteiger partial charge in [0.25, 0.3) is 11.5 Å². The summed E-state index contributed by atoms with van der Waals surface area (Å²) in [5, 5.41) is 4.12. The van der Waals surface area contributed by atoms with Gasteiger partial charge in [-0.05, 0) is 55.8 Å². The largest absolute Gasteiger partial charge is 0.493 e. The van der Waals surface area contributed by atoms with Crippen LogP contribution in [0.5, 0.6) is 17.2 Å². The molecule has 0 spiro atoms. The zero-order valence-electron chi connectivity index (χ0n) is 28.8. The van der Waals surface area contributed by atoms with Gasteiger partial charge in [-0.15, -0.1) is 0 Å². The molecule has 50 heavy (non-hydrogen) atoms. The third kappa shape index (κ3) is 6.89. The van der Waals surface area contributed by atoms with Crippen molar-refractivity contribution in [3.8, 4) is 28.6 Å². The first-order chi connectivity index (χ1) is 24.2. The van der Waals surface area contributed by atoms with Crippen molar-refractivity contribution < 1.29 is 23.5 Å². The number of amides is 1. The van der Waals surface area contributed by atoms with Crippen molar-refractivity contribution in [2.24, 2.45) is 7.05 Å². The van der Waals surface area contributed by atoms with E-state index in [1.165, 1.54) is 9.13 Å². The van der Waals surface area contributed by atoms with Gasteiger partial charge in [-0.3, -0.25) is 23.6 Å². The molecule has 1 saturated heterocycles. The predicted molar refractivity (Wildman–Crippen MR) is 186 cm³/mol. The second-order valence-electron chi connectivity index (χ2n) is 11.7. The number of hydrogen-bond donors (Lipinski definition) is 0. The van der Waals surface area contributed by atoms with Gasteiger partial charge in [-0.2, -0.15) is 4.98 Å². The van der Waals surface area contributed by atoms with Gasteiger partial charge in [-0.1, -0.05) is 23.4 Å². The third-order valence-electron chi connectivity index (χ3n) is 8.77. The fourth-order valence-corrected chi connectivity index (χ4v) is 5.93. The molecule has 1 aliphatic rings. The first-order valence-electron chi connectivity index (χ1n) is 16.4. The summed E-state index contributed by atoms with van der Waals surface area (Å²) >= 11 is 0. The maximum atomic E-state index is 13.0. The van der Waals surface area contributed by atoms with Crippen molar-refractivity contribution in [3.05, 3.63) is 80.6 Å². The lowest BCUT2D eigenvalue weighted by atomic mass is 10.2. The van der Waals surface area contributed by atoms with E-state index < -0.39 is 0 Å². The minimum Gasteiger partial charge on any atom is -0.493 e. The molecule has 0 atom stereocenters. The van der Waals surface area contributed by atoms with Crippen LogP contribution in [-0.4, -0.2) is 91.5 Å². The number of piperazine rings is 1. The fourth-order valence-electron chi connectivity index (χ4n) is 5.93. The van der Waals surface area contributed by atoms with Crippen LogP contribution in [-0.2, 0) is 31.5 Å². The van der Waals surface area contributed by atoms with E-state index in [0.717, 1.165) is 11.1 Å². The van der Waals surface area contributed by atoms with Gasteiger partial charge in [0.1, 0.15) is 11.6 Å². The van der Waals surface area contributed by atoms with E-state index in [1.54, 1.807) is 68.0 Å². The quantitative estimate of drug-likeness (QED) is 0.191. The number of benzene rings is 2. The second kappa shape index (κ2) is 14.8. The molecule has 262 valence electrons. The summed E-state index contributed by atoms with van der Waals surface area (Å²) in [7, 11) is 4.92. The van der Waals surface area contributed by atoms with Crippen LogP contribution >= 0.6 is 0 Å². The summed E-state index contributed by atoms with van der Waals surface area (Å²) in [4.78, 5) is 51.7. The summed E-state index contributed by atoms with van der Waals surface area (Å²) in [6.45, 7) is 7.18. The normalized spacial score (nSPS) is 13.7. The predicted octanol–water partition coefficient (Wildman–Crippen LogP) is 2.90. The lowest BCUT2D eigenvalue weighted by molar-refractivity contribution is -0.135. The Labute approximate surface area is 287 Å². The molecule has 0 bridgehead atoms. The van der Waals surface area contributed by atoms with E-state index in [0.29, 0.717) is 85.2 Å². The van der Waals surface area contributed by atoms with Gasteiger partial charge in [0.2, 0.25) is 11.7 Å². The van der Waals surface area contributed by atoms with Crippen LogP contribution < -0.4 is 25.5 Å². The highest BCUT2D eigenvalue weighted by Crippen LogP contribution is 2.31. The molecule has 0 aliphatic carbocycles. The van der Waals surface area contributed by atoms with Crippen LogP contribution in [0.4, 0.5) is 0 Å².